The molecule has 0 aliphatic rings. The second-order valence-electron chi connectivity index (χ2n) is 6.30. The molecule has 3 aromatic rings. The van der Waals surface area contributed by atoms with Crippen molar-refractivity contribution in [3.05, 3.63) is 84.3 Å². The van der Waals surface area contributed by atoms with Crippen LogP contribution >= 0.6 is 0 Å². The molecule has 0 bridgehead atoms. The molecule has 0 spiro atoms. The van der Waals surface area contributed by atoms with E-state index in [0.29, 0.717) is 23.8 Å². The summed E-state index contributed by atoms with van der Waals surface area (Å²) >= 11 is 0. The molecule has 0 radical (unpaired) electrons. The summed E-state index contributed by atoms with van der Waals surface area (Å²) in [5.41, 5.74) is 1.72. The lowest BCUT2D eigenvalue weighted by atomic mass is 10.2. The Morgan fingerprint density at radius 2 is 1.75 bits per heavy atom. The molecule has 0 atom stereocenters. The predicted molar refractivity (Wildman–Crippen MR) is 106 cm³/mol. The van der Waals surface area contributed by atoms with Gasteiger partial charge in [-0.05, 0) is 42.0 Å². The number of hydrogen-bond donors (Lipinski definition) is 1. The molecule has 0 saturated carbocycles. The largest absolute Gasteiger partial charge is 0.489 e. The van der Waals surface area contributed by atoms with Crippen LogP contribution in [-0.4, -0.2) is 23.3 Å². The second-order valence-corrected chi connectivity index (χ2v) is 6.30. The van der Waals surface area contributed by atoms with Crippen molar-refractivity contribution in [2.24, 2.45) is 0 Å². The van der Waals surface area contributed by atoms with E-state index in [2.05, 4.69) is 5.32 Å². The van der Waals surface area contributed by atoms with E-state index in [0.717, 1.165) is 5.56 Å². The van der Waals surface area contributed by atoms with E-state index < -0.39 is 0 Å². The van der Waals surface area contributed by atoms with Gasteiger partial charge in [-0.3, -0.25) is 9.59 Å². The van der Waals surface area contributed by atoms with E-state index in [1.54, 1.807) is 36.4 Å². The molecular formula is C22H22N2O4. The fourth-order valence-electron chi connectivity index (χ4n) is 2.62. The Bertz CT molecular complexity index is 890. The summed E-state index contributed by atoms with van der Waals surface area (Å²) in [6.45, 7) is 2.10. The molecule has 0 unspecified atom stereocenters. The summed E-state index contributed by atoms with van der Waals surface area (Å²) in [7, 11) is 0. The minimum absolute atomic E-state index is 0.0533. The van der Waals surface area contributed by atoms with Crippen molar-refractivity contribution in [3.63, 3.8) is 0 Å². The van der Waals surface area contributed by atoms with Crippen molar-refractivity contribution in [1.29, 1.82) is 0 Å². The van der Waals surface area contributed by atoms with Crippen LogP contribution in [0.15, 0.2) is 77.4 Å². The maximum atomic E-state index is 12.3. The molecule has 2 amide bonds. The molecule has 1 N–H and O–H groups in total. The van der Waals surface area contributed by atoms with Gasteiger partial charge in [0.2, 0.25) is 11.8 Å². The summed E-state index contributed by atoms with van der Waals surface area (Å²) in [6.07, 6.45) is 1.54. The number of nitrogens with one attached hydrogen (secondary N) is 1. The van der Waals surface area contributed by atoms with Crippen LogP contribution in [0.3, 0.4) is 0 Å². The van der Waals surface area contributed by atoms with Crippen LogP contribution in [0.5, 0.6) is 5.75 Å². The monoisotopic (exact) mass is 378 g/mol. The first-order chi connectivity index (χ1) is 13.6. The molecule has 2 aromatic carbocycles. The average molecular weight is 378 g/mol. The highest BCUT2D eigenvalue weighted by atomic mass is 16.5. The summed E-state index contributed by atoms with van der Waals surface area (Å²) in [5, 5.41) is 2.79. The lowest BCUT2D eigenvalue weighted by molar-refractivity contribution is -0.133. The summed E-state index contributed by atoms with van der Waals surface area (Å²) in [6, 6.07) is 20.5. The zero-order chi connectivity index (χ0) is 19.8. The summed E-state index contributed by atoms with van der Waals surface area (Å²) in [5.74, 6) is 0.865. The zero-order valence-electron chi connectivity index (χ0n) is 15.6. The van der Waals surface area contributed by atoms with Crippen LogP contribution in [0.4, 0.5) is 5.69 Å². The van der Waals surface area contributed by atoms with E-state index in [1.807, 2.05) is 30.3 Å². The van der Waals surface area contributed by atoms with E-state index in [4.69, 9.17) is 9.15 Å². The van der Waals surface area contributed by atoms with Crippen molar-refractivity contribution in [2.45, 2.75) is 20.1 Å². The van der Waals surface area contributed by atoms with Gasteiger partial charge in [0.15, 0.2) is 0 Å². The third-order valence-corrected chi connectivity index (χ3v) is 4.09. The number of ether oxygens (including phenoxy) is 1. The number of nitrogens with zero attached hydrogens (tertiary/aromatic N) is 1. The lowest BCUT2D eigenvalue weighted by Crippen LogP contribution is -2.36. The predicted octanol–water partition coefficient (Wildman–Crippen LogP) is 3.85. The standard InChI is InChI=1S/C22H22N2O4/c1-17(25)24(14-21-8-5-13-27-21)15-22(26)23-19-9-11-20(12-10-19)28-16-18-6-3-2-4-7-18/h2-13H,14-16H2,1H3,(H,23,26). The van der Waals surface area contributed by atoms with Crippen molar-refractivity contribution in [2.75, 3.05) is 11.9 Å². The maximum Gasteiger partial charge on any atom is 0.244 e. The fraction of sp³-hybridized carbons (Fsp3) is 0.182. The quantitative estimate of drug-likeness (QED) is 0.646. The normalized spacial score (nSPS) is 10.3. The highest BCUT2D eigenvalue weighted by molar-refractivity contribution is 5.94. The van der Waals surface area contributed by atoms with Crippen molar-refractivity contribution >= 4 is 17.5 Å². The number of benzene rings is 2. The molecule has 6 heteroatoms. The lowest BCUT2D eigenvalue weighted by Gasteiger charge is -2.19. The van der Waals surface area contributed by atoms with Gasteiger partial charge >= 0.3 is 0 Å². The third kappa shape index (κ3) is 5.74. The van der Waals surface area contributed by atoms with Gasteiger partial charge in [-0.15, -0.1) is 0 Å². The number of hydrogen-bond acceptors (Lipinski definition) is 4. The van der Waals surface area contributed by atoms with Crippen LogP contribution in [0.1, 0.15) is 18.2 Å². The van der Waals surface area contributed by atoms with Gasteiger partial charge in [-0.1, -0.05) is 30.3 Å². The van der Waals surface area contributed by atoms with Crippen LogP contribution < -0.4 is 10.1 Å². The van der Waals surface area contributed by atoms with Crippen LogP contribution in [0.2, 0.25) is 0 Å². The number of amides is 2. The van der Waals surface area contributed by atoms with Gasteiger partial charge < -0.3 is 19.4 Å². The highest BCUT2D eigenvalue weighted by Gasteiger charge is 2.15. The molecule has 6 nitrogen and oxygen atoms in total. The summed E-state index contributed by atoms with van der Waals surface area (Å²) in [4.78, 5) is 25.5. The smallest absolute Gasteiger partial charge is 0.244 e. The molecular weight excluding hydrogens is 356 g/mol. The Morgan fingerprint density at radius 1 is 1.00 bits per heavy atom. The number of furan rings is 1. The number of carbonyl (C=O) groups is 2. The van der Waals surface area contributed by atoms with E-state index >= 15 is 0 Å². The molecule has 1 heterocycles. The Morgan fingerprint density at radius 3 is 2.39 bits per heavy atom. The maximum absolute atomic E-state index is 12.3. The average Bonchev–Trinajstić information content (AvgIpc) is 3.21. The topological polar surface area (TPSA) is 71.8 Å². The van der Waals surface area contributed by atoms with Gasteiger partial charge in [0.05, 0.1) is 12.8 Å². The van der Waals surface area contributed by atoms with Gasteiger partial charge in [0.1, 0.15) is 24.7 Å². The van der Waals surface area contributed by atoms with Crippen LogP contribution in [-0.2, 0) is 22.7 Å². The second kappa shape index (κ2) is 9.41. The van der Waals surface area contributed by atoms with Gasteiger partial charge in [-0.25, -0.2) is 0 Å². The first-order valence-electron chi connectivity index (χ1n) is 8.94. The Labute approximate surface area is 163 Å². The molecule has 0 saturated heterocycles. The molecule has 144 valence electrons. The SMILES string of the molecule is CC(=O)N(CC(=O)Nc1ccc(OCc2ccccc2)cc1)Cc1ccco1. The first-order valence-corrected chi connectivity index (χ1v) is 8.94. The molecule has 28 heavy (non-hydrogen) atoms. The fourth-order valence-corrected chi connectivity index (χ4v) is 2.62. The van der Waals surface area contributed by atoms with Crippen LogP contribution in [0.25, 0.3) is 0 Å². The Kier molecular flexibility index (Phi) is 6.46. The van der Waals surface area contributed by atoms with E-state index in [9.17, 15) is 9.59 Å². The number of carbonyl (C=O) groups excluding carboxylic acids is 2. The first kappa shape index (κ1) is 19.2. The van der Waals surface area contributed by atoms with E-state index in [-0.39, 0.29) is 24.9 Å². The minimum atomic E-state index is -0.278. The molecule has 3 rings (SSSR count). The van der Waals surface area contributed by atoms with Crippen molar-refractivity contribution in [3.8, 4) is 5.75 Å². The van der Waals surface area contributed by atoms with Gasteiger partial charge in [0.25, 0.3) is 0 Å². The molecule has 0 aliphatic carbocycles. The van der Waals surface area contributed by atoms with Crippen LogP contribution in [0, 0.1) is 0 Å². The van der Waals surface area contributed by atoms with E-state index in [1.165, 1.54) is 18.1 Å². The van der Waals surface area contributed by atoms with Gasteiger partial charge in [0, 0.05) is 12.6 Å². The number of rotatable bonds is 8. The molecule has 1 aromatic heterocycles. The summed E-state index contributed by atoms with van der Waals surface area (Å²) < 4.78 is 11.0. The highest BCUT2D eigenvalue weighted by Crippen LogP contribution is 2.17. The third-order valence-electron chi connectivity index (χ3n) is 4.09. The van der Waals surface area contributed by atoms with Crippen molar-refractivity contribution in [1.82, 2.24) is 4.90 Å². The molecule has 0 fully saturated rings. The molecule has 0 aliphatic heterocycles. The Hall–Kier alpha value is -3.54. The van der Waals surface area contributed by atoms with Gasteiger partial charge in [-0.2, -0.15) is 0 Å². The number of anilines is 1. The Balaban J connectivity index is 1.51. The minimum Gasteiger partial charge on any atom is -0.489 e. The zero-order valence-corrected chi connectivity index (χ0v) is 15.6. The van der Waals surface area contributed by atoms with Crippen molar-refractivity contribution < 1.29 is 18.7 Å².